The zero-order chi connectivity index (χ0) is 15.6. The molecule has 112 valence electrons. The molecule has 1 aliphatic carbocycles. The summed E-state index contributed by atoms with van der Waals surface area (Å²) >= 11 is 0. The highest BCUT2D eigenvalue weighted by Gasteiger charge is 2.38. The molecule has 0 saturated heterocycles. The first-order valence-electron chi connectivity index (χ1n) is 6.20. The molecule has 0 N–H and O–H groups in total. The molecular formula is C12H12FN3O4S. The fourth-order valence-electron chi connectivity index (χ4n) is 1.95. The quantitative estimate of drug-likeness (QED) is 0.588. The van der Waals surface area contributed by atoms with Crippen molar-refractivity contribution in [1.82, 2.24) is 4.31 Å². The first-order valence-corrected chi connectivity index (χ1v) is 7.64. The first-order chi connectivity index (χ1) is 9.87. The minimum Gasteiger partial charge on any atom is -0.258 e. The number of nitriles is 1. The molecule has 0 amide bonds. The highest BCUT2D eigenvalue weighted by Crippen LogP contribution is 2.33. The van der Waals surface area contributed by atoms with Crippen LogP contribution in [0.5, 0.6) is 0 Å². The molecule has 21 heavy (non-hydrogen) atoms. The van der Waals surface area contributed by atoms with Crippen LogP contribution in [-0.2, 0) is 10.0 Å². The molecule has 0 spiro atoms. The van der Waals surface area contributed by atoms with Crippen molar-refractivity contribution >= 4 is 15.7 Å². The van der Waals surface area contributed by atoms with Crippen LogP contribution in [0.1, 0.15) is 19.3 Å². The molecule has 0 bridgehead atoms. The summed E-state index contributed by atoms with van der Waals surface area (Å²) in [5.74, 6) is -1.09. The summed E-state index contributed by atoms with van der Waals surface area (Å²) in [6.07, 6.45) is 1.40. The third kappa shape index (κ3) is 3.17. The molecule has 1 aliphatic rings. The van der Waals surface area contributed by atoms with Crippen LogP contribution in [0.25, 0.3) is 0 Å². The molecule has 9 heteroatoms. The molecule has 2 rings (SSSR count). The maximum absolute atomic E-state index is 13.3. The molecule has 7 nitrogen and oxygen atoms in total. The van der Waals surface area contributed by atoms with Gasteiger partial charge in [-0.15, -0.1) is 0 Å². The van der Waals surface area contributed by atoms with Crippen molar-refractivity contribution in [1.29, 1.82) is 5.26 Å². The molecular weight excluding hydrogens is 301 g/mol. The number of nitrogens with zero attached hydrogens (tertiary/aromatic N) is 3. The van der Waals surface area contributed by atoms with Crippen molar-refractivity contribution in [2.75, 3.05) is 6.54 Å². The first kappa shape index (κ1) is 15.3. The topological polar surface area (TPSA) is 104 Å². The van der Waals surface area contributed by atoms with Crippen LogP contribution in [-0.4, -0.2) is 30.2 Å². The number of halogens is 1. The highest BCUT2D eigenvalue weighted by molar-refractivity contribution is 7.89. The lowest BCUT2D eigenvalue weighted by molar-refractivity contribution is -0.387. The van der Waals surface area contributed by atoms with E-state index in [2.05, 4.69) is 0 Å². The van der Waals surface area contributed by atoms with E-state index in [0.29, 0.717) is 18.9 Å². The molecule has 1 aromatic carbocycles. The third-order valence-corrected chi connectivity index (χ3v) is 5.07. The largest absolute Gasteiger partial charge is 0.306 e. The Morgan fingerprint density at radius 1 is 1.48 bits per heavy atom. The molecule has 0 aliphatic heterocycles. The van der Waals surface area contributed by atoms with E-state index in [1.807, 2.05) is 6.07 Å². The Balaban J connectivity index is 2.40. The standard InChI is InChI=1S/C12H12FN3O4S/c13-11-5-4-10(8-12(11)16(17)18)21(19,20)15(7-1-6-14)9-2-3-9/h4-5,8-9H,1-3,7H2. The summed E-state index contributed by atoms with van der Waals surface area (Å²) in [5.41, 5.74) is -0.882. The van der Waals surface area contributed by atoms with E-state index in [1.165, 1.54) is 0 Å². The van der Waals surface area contributed by atoms with Gasteiger partial charge < -0.3 is 0 Å². The van der Waals surface area contributed by atoms with E-state index >= 15 is 0 Å². The van der Waals surface area contributed by atoms with Gasteiger partial charge in [-0.1, -0.05) is 0 Å². The number of hydrogen-bond acceptors (Lipinski definition) is 5. The Bertz CT molecular complexity index is 710. The maximum Gasteiger partial charge on any atom is 0.306 e. The predicted molar refractivity (Wildman–Crippen MR) is 70.2 cm³/mol. The molecule has 0 heterocycles. The molecule has 0 aromatic heterocycles. The van der Waals surface area contributed by atoms with E-state index in [9.17, 15) is 22.9 Å². The zero-order valence-electron chi connectivity index (χ0n) is 10.9. The van der Waals surface area contributed by atoms with Gasteiger partial charge in [0.05, 0.1) is 15.9 Å². The minimum atomic E-state index is -3.97. The second-order valence-corrected chi connectivity index (χ2v) is 6.52. The van der Waals surface area contributed by atoms with Crippen molar-refractivity contribution < 1.29 is 17.7 Å². The Hall–Kier alpha value is -2.05. The van der Waals surface area contributed by atoms with Gasteiger partial charge in [0.25, 0.3) is 0 Å². The van der Waals surface area contributed by atoms with Gasteiger partial charge in [0.2, 0.25) is 15.8 Å². The van der Waals surface area contributed by atoms with E-state index < -0.39 is 26.5 Å². The number of benzene rings is 1. The second-order valence-electron chi connectivity index (χ2n) is 4.63. The SMILES string of the molecule is N#CCCN(C1CC1)S(=O)(=O)c1ccc(F)c([N+](=O)[O-])c1. The van der Waals surface area contributed by atoms with Crippen molar-refractivity contribution in [3.63, 3.8) is 0 Å². The summed E-state index contributed by atoms with van der Waals surface area (Å²) in [6.45, 7) is 0.0225. The number of rotatable bonds is 6. The Kier molecular flexibility index (Phi) is 4.20. The minimum absolute atomic E-state index is 0.0225. The monoisotopic (exact) mass is 313 g/mol. The number of hydrogen-bond donors (Lipinski definition) is 0. The van der Waals surface area contributed by atoms with Gasteiger partial charge in [-0.3, -0.25) is 10.1 Å². The Morgan fingerprint density at radius 2 is 2.14 bits per heavy atom. The van der Waals surface area contributed by atoms with E-state index in [0.717, 1.165) is 16.4 Å². The lowest BCUT2D eigenvalue weighted by Crippen LogP contribution is -2.34. The van der Waals surface area contributed by atoms with Gasteiger partial charge in [0.1, 0.15) is 0 Å². The van der Waals surface area contributed by atoms with Crippen LogP contribution in [0, 0.1) is 27.3 Å². The summed E-state index contributed by atoms with van der Waals surface area (Å²) < 4.78 is 39.4. The second kappa shape index (κ2) is 5.75. The lowest BCUT2D eigenvalue weighted by Gasteiger charge is -2.20. The van der Waals surface area contributed by atoms with Crippen LogP contribution in [0.2, 0.25) is 0 Å². The summed E-state index contributed by atoms with van der Waals surface area (Å²) in [5, 5.41) is 19.3. The van der Waals surface area contributed by atoms with Gasteiger partial charge in [-0.05, 0) is 25.0 Å². The fourth-order valence-corrected chi connectivity index (χ4v) is 3.66. The number of nitro benzene ring substituents is 1. The van der Waals surface area contributed by atoms with Crippen LogP contribution < -0.4 is 0 Å². The van der Waals surface area contributed by atoms with E-state index in [1.54, 1.807) is 0 Å². The summed E-state index contributed by atoms with van der Waals surface area (Å²) in [7, 11) is -3.97. The molecule has 1 fully saturated rings. The van der Waals surface area contributed by atoms with Crippen molar-refractivity contribution in [3.8, 4) is 6.07 Å². The zero-order valence-corrected chi connectivity index (χ0v) is 11.7. The van der Waals surface area contributed by atoms with Crippen LogP contribution in [0.15, 0.2) is 23.1 Å². The molecule has 0 radical (unpaired) electrons. The van der Waals surface area contributed by atoms with Crippen LogP contribution in [0.3, 0.4) is 0 Å². The van der Waals surface area contributed by atoms with Gasteiger partial charge in [0.15, 0.2) is 0 Å². The molecule has 1 saturated carbocycles. The van der Waals surface area contributed by atoms with Crippen LogP contribution >= 0.6 is 0 Å². The Morgan fingerprint density at radius 3 is 2.67 bits per heavy atom. The smallest absolute Gasteiger partial charge is 0.258 e. The van der Waals surface area contributed by atoms with Gasteiger partial charge in [0, 0.05) is 25.1 Å². The average molecular weight is 313 g/mol. The van der Waals surface area contributed by atoms with Gasteiger partial charge >= 0.3 is 5.69 Å². The van der Waals surface area contributed by atoms with Crippen LogP contribution in [0.4, 0.5) is 10.1 Å². The number of nitro groups is 1. The summed E-state index contributed by atoms with van der Waals surface area (Å²) in [6, 6.07) is 4.16. The molecule has 0 atom stereocenters. The number of sulfonamides is 1. The van der Waals surface area contributed by atoms with Crippen molar-refractivity contribution in [2.45, 2.75) is 30.2 Å². The summed E-state index contributed by atoms with van der Waals surface area (Å²) in [4.78, 5) is 9.40. The third-order valence-electron chi connectivity index (χ3n) is 3.12. The fraction of sp³-hybridized carbons (Fsp3) is 0.417. The van der Waals surface area contributed by atoms with E-state index in [-0.39, 0.29) is 23.9 Å². The van der Waals surface area contributed by atoms with Crippen molar-refractivity contribution in [2.24, 2.45) is 0 Å². The van der Waals surface area contributed by atoms with Gasteiger partial charge in [-0.2, -0.15) is 14.0 Å². The lowest BCUT2D eigenvalue weighted by atomic mass is 10.3. The highest BCUT2D eigenvalue weighted by atomic mass is 32.2. The Labute approximate surface area is 120 Å². The molecule has 1 aromatic rings. The molecule has 0 unspecified atom stereocenters. The maximum atomic E-state index is 13.3. The average Bonchev–Trinajstić information content (AvgIpc) is 3.23. The van der Waals surface area contributed by atoms with Gasteiger partial charge in [-0.25, -0.2) is 8.42 Å². The van der Waals surface area contributed by atoms with Crippen molar-refractivity contribution in [3.05, 3.63) is 34.1 Å². The normalized spacial score (nSPS) is 14.9. The predicted octanol–water partition coefficient (Wildman–Crippen LogP) is 1.80. The van der Waals surface area contributed by atoms with E-state index in [4.69, 9.17) is 5.26 Å².